The highest BCUT2D eigenvalue weighted by Crippen LogP contribution is 2.19. The summed E-state index contributed by atoms with van der Waals surface area (Å²) in [5, 5.41) is 1.39. The Balaban J connectivity index is 1.17. The van der Waals surface area contributed by atoms with E-state index in [1.807, 2.05) is 0 Å². The fraction of sp³-hybridized carbons (Fsp3) is 0.391. The minimum absolute atomic E-state index is 1.16. The molecule has 1 aliphatic heterocycles. The van der Waals surface area contributed by atoms with E-state index in [4.69, 9.17) is 0 Å². The third-order valence-corrected chi connectivity index (χ3v) is 5.62. The molecule has 0 spiro atoms. The first-order valence-corrected chi connectivity index (χ1v) is 9.92. The molecule has 0 aliphatic carbocycles. The van der Waals surface area contributed by atoms with Crippen molar-refractivity contribution >= 4 is 10.9 Å². The Morgan fingerprint density at radius 1 is 0.731 bits per heavy atom. The first-order valence-electron chi connectivity index (χ1n) is 9.92. The second-order valence-electron chi connectivity index (χ2n) is 7.38. The Morgan fingerprint density at radius 3 is 2.23 bits per heavy atom. The van der Waals surface area contributed by atoms with Gasteiger partial charge in [-0.3, -0.25) is 0 Å². The maximum atomic E-state index is 3.39. The molecule has 1 N–H and O–H groups in total. The Bertz CT molecular complexity index is 800. The number of aromatic amines is 1. The van der Waals surface area contributed by atoms with Gasteiger partial charge < -0.3 is 14.8 Å². The first kappa shape index (κ1) is 17.3. The molecule has 3 heteroatoms. The molecule has 0 unspecified atom stereocenters. The molecule has 1 aromatic heterocycles. The van der Waals surface area contributed by atoms with Crippen molar-refractivity contribution in [2.45, 2.75) is 19.3 Å². The standard InChI is InChI=1S/C23H29N3/c1-2-7-20(8-3-1)12-14-26-17-15-25(16-18-26)13-6-9-21-19-24-23-11-5-4-10-22(21)23/h1-5,7-8,10-11,19,24H,6,9,12-18H2. The summed E-state index contributed by atoms with van der Waals surface area (Å²) < 4.78 is 0. The van der Waals surface area contributed by atoms with Gasteiger partial charge in [0.1, 0.15) is 0 Å². The minimum Gasteiger partial charge on any atom is -0.361 e. The lowest BCUT2D eigenvalue weighted by atomic mass is 10.1. The summed E-state index contributed by atoms with van der Waals surface area (Å²) in [6.45, 7) is 7.24. The summed E-state index contributed by atoms with van der Waals surface area (Å²) in [4.78, 5) is 8.64. The summed E-state index contributed by atoms with van der Waals surface area (Å²) >= 11 is 0. The van der Waals surface area contributed by atoms with Crippen molar-refractivity contribution in [1.29, 1.82) is 0 Å². The van der Waals surface area contributed by atoms with E-state index in [1.54, 1.807) is 0 Å². The topological polar surface area (TPSA) is 22.3 Å². The molecule has 1 saturated heterocycles. The van der Waals surface area contributed by atoms with Crippen LogP contribution < -0.4 is 0 Å². The van der Waals surface area contributed by atoms with Crippen LogP contribution in [0.15, 0.2) is 60.8 Å². The van der Waals surface area contributed by atoms with Gasteiger partial charge >= 0.3 is 0 Å². The minimum atomic E-state index is 1.16. The summed E-state index contributed by atoms with van der Waals surface area (Å²) in [7, 11) is 0. The number of hydrogen-bond acceptors (Lipinski definition) is 2. The number of nitrogens with one attached hydrogen (secondary N) is 1. The van der Waals surface area contributed by atoms with Crippen LogP contribution in [-0.2, 0) is 12.8 Å². The van der Waals surface area contributed by atoms with Crippen LogP contribution in [0.1, 0.15) is 17.5 Å². The Labute approximate surface area is 156 Å². The third kappa shape index (κ3) is 4.35. The van der Waals surface area contributed by atoms with Gasteiger partial charge in [0.15, 0.2) is 0 Å². The number of aromatic nitrogens is 1. The molecular formula is C23H29N3. The molecule has 0 atom stereocenters. The highest BCUT2D eigenvalue weighted by molar-refractivity contribution is 5.82. The molecule has 0 bridgehead atoms. The molecule has 1 aliphatic rings. The maximum absolute atomic E-state index is 3.39. The largest absolute Gasteiger partial charge is 0.361 e. The molecule has 3 nitrogen and oxygen atoms in total. The van der Waals surface area contributed by atoms with Crippen LogP contribution in [0.3, 0.4) is 0 Å². The molecular weight excluding hydrogens is 318 g/mol. The predicted octanol–water partition coefficient (Wildman–Crippen LogP) is 3.96. The number of H-pyrrole nitrogens is 1. The van der Waals surface area contributed by atoms with E-state index in [0.717, 1.165) is 6.42 Å². The van der Waals surface area contributed by atoms with Gasteiger partial charge in [-0.15, -0.1) is 0 Å². The number of rotatable bonds is 7. The first-order chi connectivity index (χ1) is 12.9. The van der Waals surface area contributed by atoms with Crippen molar-refractivity contribution < 1.29 is 0 Å². The van der Waals surface area contributed by atoms with E-state index >= 15 is 0 Å². The summed E-state index contributed by atoms with van der Waals surface area (Å²) in [5.41, 5.74) is 4.17. The zero-order valence-electron chi connectivity index (χ0n) is 15.5. The molecule has 26 heavy (non-hydrogen) atoms. The summed E-state index contributed by atoms with van der Waals surface area (Å²) in [5.74, 6) is 0. The fourth-order valence-electron chi connectivity index (χ4n) is 4.00. The van der Waals surface area contributed by atoms with Crippen molar-refractivity contribution in [3.05, 3.63) is 71.9 Å². The number of aryl methyl sites for hydroxylation is 1. The molecule has 4 rings (SSSR count). The van der Waals surface area contributed by atoms with Gasteiger partial charge in [-0.2, -0.15) is 0 Å². The molecule has 1 fully saturated rings. The molecule has 2 aromatic carbocycles. The van der Waals surface area contributed by atoms with Gasteiger partial charge in [0.25, 0.3) is 0 Å². The van der Waals surface area contributed by atoms with Gasteiger partial charge in [-0.1, -0.05) is 48.5 Å². The number of piperazine rings is 1. The van der Waals surface area contributed by atoms with E-state index in [1.165, 1.54) is 74.1 Å². The lowest BCUT2D eigenvalue weighted by Gasteiger charge is -2.34. The van der Waals surface area contributed by atoms with E-state index < -0.39 is 0 Å². The smallest absolute Gasteiger partial charge is 0.0456 e. The van der Waals surface area contributed by atoms with Crippen LogP contribution in [0.4, 0.5) is 0 Å². The van der Waals surface area contributed by atoms with Crippen molar-refractivity contribution in [3.8, 4) is 0 Å². The maximum Gasteiger partial charge on any atom is 0.0456 e. The average molecular weight is 348 g/mol. The third-order valence-electron chi connectivity index (χ3n) is 5.62. The second kappa shape index (κ2) is 8.52. The Morgan fingerprint density at radius 2 is 1.42 bits per heavy atom. The lowest BCUT2D eigenvalue weighted by Crippen LogP contribution is -2.47. The fourth-order valence-corrected chi connectivity index (χ4v) is 4.00. The number of benzene rings is 2. The average Bonchev–Trinajstić information content (AvgIpc) is 3.11. The molecule has 2 heterocycles. The zero-order valence-corrected chi connectivity index (χ0v) is 15.5. The SMILES string of the molecule is c1ccc(CCN2CCN(CCCc3c[nH]c4ccccc34)CC2)cc1. The van der Waals surface area contributed by atoms with E-state index in [9.17, 15) is 0 Å². The van der Waals surface area contributed by atoms with Gasteiger partial charge in [-0.25, -0.2) is 0 Å². The number of hydrogen-bond donors (Lipinski definition) is 1. The van der Waals surface area contributed by atoms with Gasteiger partial charge in [0.2, 0.25) is 0 Å². The molecule has 0 amide bonds. The highest BCUT2D eigenvalue weighted by atomic mass is 15.3. The Kier molecular flexibility index (Phi) is 5.68. The summed E-state index contributed by atoms with van der Waals surface area (Å²) in [6.07, 6.45) is 5.76. The Hall–Kier alpha value is -2.10. The molecule has 136 valence electrons. The number of para-hydroxylation sites is 1. The highest BCUT2D eigenvalue weighted by Gasteiger charge is 2.16. The van der Waals surface area contributed by atoms with Gasteiger partial charge in [0.05, 0.1) is 0 Å². The van der Waals surface area contributed by atoms with Gasteiger partial charge in [-0.05, 0) is 43.0 Å². The second-order valence-corrected chi connectivity index (χ2v) is 7.38. The van der Waals surface area contributed by atoms with Gasteiger partial charge in [0, 0.05) is 49.8 Å². The van der Waals surface area contributed by atoms with Crippen LogP contribution in [0, 0.1) is 0 Å². The van der Waals surface area contributed by atoms with E-state index in [0.29, 0.717) is 0 Å². The van der Waals surface area contributed by atoms with Crippen molar-refractivity contribution in [1.82, 2.24) is 14.8 Å². The molecule has 0 radical (unpaired) electrons. The van der Waals surface area contributed by atoms with Crippen LogP contribution in [-0.4, -0.2) is 54.1 Å². The predicted molar refractivity (Wildman–Crippen MR) is 110 cm³/mol. The van der Waals surface area contributed by atoms with Crippen molar-refractivity contribution in [3.63, 3.8) is 0 Å². The summed E-state index contributed by atoms with van der Waals surface area (Å²) in [6, 6.07) is 19.5. The monoisotopic (exact) mass is 347 g/mol. The van der Waals surface area contributed by atoms with Crippen LogP contribution in [0.5, 0.6) is 0 Å². The van der Waals surface area contributed by atoms with Crippen molar-refractivity contribution in [2.24, 2.45) is 0 Å². The van der Waals surface area contributed by atoms with Crippen molar-refractivity contribution in [2.75, 3.05) is 39.3 Å². The normalized spacial score (nSPS) is 16.3. The van der Waals surface area contributed by atoms with E-state index in [-0.39, 0.29) is 0 Å². The van der Waals surface area contributed by atoms with E-state index in [2.05, 4.69) is 75.6 Å². The number of fused-ring (bicyclic) bond motifs is 1. The molecule has 0 saturated carbocycles. The van der Waals surface area contributed by atoms with Crippen LogP contribution in [0.25, 0.3) is 10.9 Å². The zero-order chi connectivity index (χ0) is 17.6. The molecule has 3 aromatic rings. The van der Waals surface area contributed by atoms with Crippen LogP contribution in [0.2, 0.25) is 0 Å². The lowest BCUT2D eigenvalue weighted by molar-refractivity contribution is 0.132. The quantitative estimate of drug-likeness (QED) is 0.699. The van der Waals surface area contributed by atoms with Crippen LogP contribution >= 0.6 is 0 Å². The number of nitrogens with zero attached hydrogens (tertiary/aromatic N) is 2.